The summed E-state index contributed by atoms with van der Waals surface area (Å²) in [7, 11) is -4.40. The highest BCUT2D eigenvalue weighted by Gasteiger charge is 2.28. The van der Waals surface area contributed by atoms with Crippen molar-refractivity contribution >= 4 is 27.5 Å². The Kier molecular flexibility index (Phi) is 5.21. The Morgan fingerprint density at radius 3 is 2.40 bits per heavy atom. The first kappa shape index (κ1) is 17.0. The second kappa shape index (κ2) is 6.14. The van der Waals surface area contributed by atoms with Crippen molar-refractivity contribution in [1.29, 1.82) is 0 Å². The van der Waals surface area contributed by atoms with Gasteiger partial charge >= 0.3 is 5.51 Å². The number of hydrogen-bond acceptors (Lipinski definition) is 4. The quantitative estimate of drug-likeness (QED) is 0.491. The number of hydrogen-bond donors (Lipinski definition) is 2. The van der Waals surface area contributed by atoms with E-state index < -0.39 is 61.8 Å². The maximum atomic E-state index is 13.5. The first-order valence-electron chi connectivity index (χ1n) is 4.98. The van der Waals surface area contributed by atoms with Gasteiger partial charge < -0.3 is 5.73 Å². The smallest absolute Gasteiger partial charge is 0.394 e. The molecule has 20 heavy (non-hydrogen) atoms. The molecule has 11 heteroatoms. The van der Waals surface area contributed by atoms with E-state index in [9.17, 15) is 30.4 Å². The van der Waals surface area contributed by atoms with E-state index in [1.54, 1.807) is 4.72 Å². The van der Waals surface area contributed by atoms with E-state index in [1.807, 2.05) is 0 Å². The Balaban J connectivity index is 2.78. The maximum Gasteiger partial charge on any atom is 0.441 e. The van der Waals surface area contributed by atoms with Gasteiger partial charge in [0.05, 0.1) is 0 Å². The van der Waals surface area contributed by atoms with Gasteiger partial charge in [-0.25, -0.2) is 21.9 Å². The van der Waals surface area contributed by atoms with E-state index >= 15 is 0 Å². The van der Waals surface area contributed by atoms with Crippen molar-refractivity contribution in [3.8, 4) is 0 Å². The molecule has 0 unspecified atom stereocenters. The zero-order valence-electron chi connectivity index (χ0n) is 9.67. The lowest BCUT2D eigenvalue weighted by Crippen LogP contribution is -2.27. The number of alkyl halides is 3. The van der Waals surface area contributed by atoms with Crippen LogP contribution in [0.1, 0.15) is 0 Å². The van der Waals surface area contributed by atoms with Crippen LogP contribution in [0.2, 0.25) is 0 Å². The minimum atomic E-state index is -4.49. The molecule has 114 valence electrons. The lowest BCUT2D eigenvalue weighted by molar-refractivity contribution is -0.0327. The molecule has 0 aromatic heterocycles. The molecule has 0 saturated carbocycles. The van der Waals surface area contributed by atoms with Crippen LogP contribution >= 0.6 is 11.8 Å². The second-order valence-electron chi connectivity index (χ2n) is 3.47. The standard InChI is InChI=1S/C9H9F5N2O2S2/c10-5-1-2-6(7(11)8(5)15)20(17,18)16-3-4-19-9(12,13)14/h1-2,16H,3-4,15H2. The molecule has 0 fully saturated rings. The van der Waals surface area contributed by atoms with E-state index in [2.05, 4.69) is 0 Å². The predicted octanol–water partition coefficient (Wildman–Crippen LogP) is 2.08. The zero-order valence-corrected chi connectivity index (χ0v) is 11.3. The number of anilines is 1. The van der Waals surface area contributed by atoms with Crippen LogP contribution in [-0.4, -0.2) is 26.2 Å². The third-order valence-corrected chi connectivity index (χ3v) is 4.25. The number of nitrogens with two attached hydrogens (primary N) is 1. The van der Waals surface area contributed by atoms with Gasteiger partial charge in [0, 0.05) is 12.3 Å². The van der Waals surface area contributed by atoms with Gasteiger partial charge in [0.2, 0.25) is 10.0 Å². The molecule has 1 aromatic carbocycles. The number of nitrogen functional groups attached to an aromatic ring is 1. The lowest BCUT2D eigenvalue weighted by Gasteiger charge is -2.10. The third-order valence-electron chi connectivity index (χ3n) is 2.04. The Bertz CT molecular complexity index is 589. The van der Waals surface area contributed by atoms with E-state index in [4.69, 9.17) is 5.73 Å². The average molecular weight is 336 g/mol. The van der Waals surface area contributed by atoms with E-state index in [1.165, 1.54) is 0 Å². The van der Waals surface area contributed by atoms with E-state index in [0.29, 0.717) is 12.1 Å². The molecular formula is C9H9F5N2O2S2. The van der Waals surface area contributed by atoms with Gasteiger partial charge in [0.1, 0.15) is 16.4 Å². The van der Waals surface area contributed by atoms with Crippen LogP contribution in [0.15, 0.2) is 17.0 Å². The van der Waals surface area contributed by atoms with Crippen molar-refractivity contribution in [2.45, 2.75) is 10.4 Å². The molecule has 4 nitrogen and oxygen atoms in total. The summed E-state index contributed by atoms with van der Waals surface area (Å²) in [6, 6.07) is 1.29. The molecular weight excluding hydrogens is 327 g/mol. The second-order valence-corrected chi connectivity index (χ2v) is 6.36. The summed E-state index contributed by atoms with van der Waals surface area (Å²) in [5, 5.41) is 0. The Morgan fingerprint density at radius 2 is 1.85 bits per heavy atom. The molecule has 0 aliphatic heterocycles. The zero-order chi connectivity index (χ0) is 15.6. The molecule has 1 aromatic rings. The van der Waals surface area contributed by atoms with Crippen LogP contribution < -0.4 is 10.5 Å². The Morgan fingerprint density at radius 1 is 1.25 bits per heavy atom. The first-order valence-corrected chi connectivity index (χ1v) is 7.45. The highest BCUT2D eigenvalue weighted by atomic mass is 32.2. The fourth-order valence-electron chi connectivity index (χ4n) is 1.18. The van der Waals surface area contributed by atoms with Crippen LogP contribution in [0.25, 0.3) is 0 Å². The minimum Gasteiger partial charge on any atom is -0.394 e. The molecule has 0 aliphatic rings. The third kappa shape index (κ3) is 4.49. The van der Waals surface area contributed by atoms with Crippen molar-refractivity contribution in [3.63, 3.8) is 0 Å². The highest BCUT2D eigenvalue weighted by molar-refractivity contribution is 8.00. The SMILES string of the molecule is Nc1c(F)ccc(S(=O)(=O)NCCSC(F)(F)F)c1F. The van der Waals surface area contributed by atoms with Gasteiger partial charge in [-0.3, -0.25) is 0 Å². The van der Waals surface area contributed by atoms with Crippen molar-refractivity contribution in [2.24, 2.45) is 0 Å². The number of sulfonamides is 1. The van der Waals surface area contributed by atoms with Gasteiger partial charge in [-0.2, -0.15) is 13.2 Å². The fraction of sp³-hybridized carbons (Fsp3) is 0.333. The summed E-state index contributed by atoms with van der Waals surface area (Å²) in [5.74, 6) is -3.20. The van der Waals surface area contributed by atoms with Crippen LogP contribution in [0.4, 0.5) is 27.6 Å². The summed E-state index contributed by atoms with van der Waals surface area (Å²) in [4.78, 5) is -0.923. The van der Waals surface area contributed by atoms with Crippen LogP contribution in [0.5, 0.6) is 0 Å². The van der Waals surface area contributed by atoms with Crippen molar-refractivity contribution in [2.75, 3.05) is 18.0 Å². The van der Waals surface area contributed by atoms with Gasteiger partial charge in [0.25, 0.3) is 0 Å². The number of halogens is 5. The van der Waals surface area contributed by atoms with Crippen LogP contribution in [0, 0.1) is 11.6 Å². The van der Waals surface area contributed by atoms with Gasteiger partial charge in [-0.1, -0.05) is 0 Å². The van der Waals surface area contributed by atoms with Gasteiger partial charge in [-0.05, 0) is 23.9 Å². The number of thioether (sulfide) groups is 1. The molecule has 0 heterocycles. The van der Waals surface area contributed by atoms with Crippen LogP contribution in [0.3, 0.4) is 0 Å². The molecule has 0 saturated heterocycles. The van der Waals surface area contributed by atoms with E-state index in [0.717, 1.165) is 0 Å². The number of benzene rings is 1. The Labute approximate surface area is 115 Å². The summed E-state index contributed by atoms with van der Waals surface area (Å²) in [5.41, 5.74) is -0.467. The lowest BCUT2D eigenvalue weighted by atomic mass is 10.3. The summed E-state index contributed by atoms with van der Waals surface area (Å²) < 4.78 is 86.9. The summed E-state index contributed by atoms with van der Waals surface area (Å²) in [6.07, 6.45) is 0. The van der Waals surface area contributed by atoms with Crippen molar-refractivity contribution < 1.29 is 30.4 Å². The topological polar surface area (TPSA) is 72.2 Å². The van der Waals surface area contributed by atoms with Gasteiger partial charge in [-0.15, -0.1) is 0 Å². The van der Waals surface area contributed by atoms with Crippen LogP contribution in [-0.2, 0) is 10.0 Å². The average Bonchev–Trinajstić information content (AvgIpc) is 2.30. The van der Waals surface area contributed by atoms with E-state index in [-0.39, 0.29) is 0 Å². The first-order chi connectivity index (χ1) is 9.04. The fourth-order valence-corrected chi connectivity index (χ4v) is 2.86. The summed E-state index contributed by atoms with van der Waals surface area (Å²) >= 11 is -0.426. The van der Waals surface area contributed by atoms with Crippen molar-refractivity contribution in [3.05, 3.63) is 23.8 Å². The Hall–Kier alpha value is -1.07. The predicted molar refractivity (Wildman–Crippen MR) is 64.5 cm³/mol. The number of rotatable bonds is 5. The molecule has 1 rings (SSSR count). The minimum absolute atomic E-state index is 0.426. The normalized spacial score (nSPS) is 12.7. The summed E-state index contributed by atoms with van der Waals surface area (Å²) in [6.45, 7) is -0.566. The monoisotopic (exact) mass is 336 g/mol. The molecule has 0 atom stereocenters. The molecule has 0 amide bonds. The molecule has 0 aliphatic carbocycles. The van der Waals surface area contributed by atoms with Gasteiger partial charge in [0.15, 0.2) is 5.82 Å². The largest absolute Gasteiger partial charge is 0.441 e. The molecule has 0 radical (unpaired) electrons. The number of nitrogens with one attached hydrogen (secondary N) is 1. The molecule has 3 N–H and O–H groups in total. The molecule has 0 bridgehead atoms. The molecule has 0 spiro atoms. The highest BCUT2D eigenvalue weighted by Crippen LogP contribution is 2.29. The van der Waals surface area contributed by atoms with Crippen molar-refractivity contribution in [1.82, 2.24) is 4.72 Å². The maximum absolute atomic E-state index is 13.5.